The predicted molar refractivity (Wildman–Crippen MR) is 66.0 cm³/mol. The number of aromatic nitrogens is 2. The first-order valence-electron chi connectivity index (χ1n) is 5.56. The van der Waals surface area contributed by atoms with Crippen LogP contribution in [0.3, 0.4) is 0 Å². The Balaban J connectivity index is 1.97. The number of esters is 1. The molecule has 0 unspecified atom stereocenters. The van der Waals surface area contributed by atoms with Crippen molar-refractivity contribution in [3.05, 3.63) is 47.5 Å². The van der Waals surface area contributed by atoms with Gasteiger partial charge in [0.25, 0.3) is 0 Å². The van der Waals surface area contributed by atoms with Crippen LogP contribution in [-0.2, 0) is 18.4 Å². The largest absolute Gasteiger partial charge is 0.457 e. The molecule has 1 aromatic carbocycles. The summed E-state index contributed by atoms with van der Waals surface area (Å²) in [6, 6.07) is 5.42. The Morgan fingerprint density at radius 3 is 3.17 bits per heavy atom. The second-order valence-corrected chi connectivity index (χ2v) is 4.03. The smallest absolute Gasteiger partial charge is 0.338 e. The maximum absolute atomic E-state index is 11.4. The highest BCUT2D eigenvalue weighted by atomic mass is 16.5. The van der Waals surface area contributed by atoms with Crippen LogP contribution in [0.25, 0.3) is 0 Å². The summed E-state index contributed by atoms with van der Waals surface area (Å²) in [6.07, 6.45) is 5.24. The number of cyclic esters (lactones) is 1. The molecular weight excluding hydrogens is 230 g/mol. The van der Waals surface area contributed by atoms with Crippen molar-refractivity contribution in [1.82, 2.24) is 9.55 Å². The predicted octanol–water partition coefficient (Wildman–Crippen LogP) is 1.84. The molecule has 0 aliphatic carbocycles. The van der Waals surface area contributed by atoms with Crippen LogP contribution in [0, 0.1) is 0 Å². The average Bonchev–Trinajstić information content (AvgIpc) is 2.95. The van der Waals surface area contributed by atoms with E-state index in [4.69, 9.17) is 4.74 Å². The third kappa shape index (κ3) is 1.69. The summed E-state index contributed by atoms with van der Waals surface area (Å²) >= 11 is 0. The summed E-state index contributed by atoms with van der Waals surface area (Å²) in [5, 5.41) is 0. The van der Waals surface area contributed by atoms with Gasteiger partial charge in [-0.1, -0.05) is 6.07 Å². The summed E-state index contributed by atoms with van der Waals surface area (Å²) in [5.74, 6) is 0.483. The number of hydrogen-bond donors (Lipinski definition) is 0. The van der Waals surface area contributed by atoms with Gasteiger partial charge in [0, 0.05) is 25.0 Å². The van der Waals surface area contributed by atoms with E-state index in [1.165, 1.54) is 0 Å². The first kappa shape index (κ1) is 10.7. The highest BCUT2D eigenvalue weighted by Gasteiger charge is 2.23. The molecular formula is C13H11N3O2. The van der Waals surface area contributed by atoms with E-state index < -0.39 is 0 Å². The number of imidazole rings is 1. The van der Waals surface area contributed by atoms with Crippen LogP contribution in [-0.4, -0.2) is 21.7 Å². The molecule has 1 aromatic heterocycles. The van der Waals surface area contributed by atoms with Crippen LogP contribution in [0.2, 0.25) is 0 Å². The van der Waals surface area contributed by atoms with E-state index in [2.05, 4.69) is 9.98 Å². The summed E-state index contributed by atoms with van der Waals surface area (Å²) in [5.41, 5.74) is 2.19. The molecule has 0 spiro atoms. The molecule has 5 nitrogen and oxygen atoms in total. The van der Waals surface area contributed by atoms with Gasteiger partial charge in [-0.15, -0.1) is 0 Å². The number of fused-ring (bicyclic) bond motifs is 1. The second kappa shape index (κ2) is 4.10. The van der Waals surface area contributed by atoms with E-state index in [1.54, 1.807) is 24.5 Å². The van der Waals surface area contributed by atoms with Crippen LogP contribution >= 0.6 is 0 Å². The molecule has 1 aliphatic rings. The van der Waals surface area contributed by atoms with E-state index in [0.717, 1.165) is 17.1 Å². The van der Waals surface area contributed by atoms with E-state index in [-0.39, 0.29) is 5.97 Å². The maximum atomic E-state index is 11.4. The number of carbonyl (C=O) groups excluding carboxylic acids is 1. The van der Waals surface area contributed by atoms with Gasteiger partial charge >= 0.3 is 5.97 Å². The molecule has 0 bridgehead atoms. The van der Waals surface area contributed by atoms with Crippen molar-refractivity contribution in [2.24, 2.45) is 12.0 Å². The fourth-order valence-corrected chi connectivity index (χ4v) is 1.88. The van der Waals surface area contributed by atoms with Gasteiger partial charge in [0.2, 0.25) is 0 Å². The lowest BCUT2D eigenvalue weighted by Gasteiger charge is -1.99. The standard InChI is InChI=1S/C13H11N3O2/c1-16-6-5-14-12(16)7-15-11-4-2-3-9-10(11)8-18-13(9)17/h2-7H,8H2,1H3/b15-7+. The zero-order valence-corrected chi connectivity index (χ0v) is 9.83. The molecule has 18 heavy (non-hydrogen) atoms. The van der Waals surface area contributed by atoms with E-state index in [0.29, 0.717) is 12.2 Å². The average molecular weight is 241 g/mol. The zero-order valence-electron chi connectivity index (χ0n) is 9.83. The molecule has 90 valence electrons. The molecule has 0 atom stereocenters. The van der Waals surface area contributed by atoms with Crippen LogP contribution < -0.4 is 0 Å². The summed E-state index contributed by atoms with van der Waals surface area (Å²) in [6.45, 7) is 0.294. The highest BCUT2D eigenvalue weighted by Crippen LogP contribution is 2.29. The maximum Gasteiger partial charge on any atom is 0.338 e. The Morgan fingerprint density at radius 2 is 2.39 bits per heavy atom. The number of rotatable bonds is 2. The van der Waals surface area contributed by atoms with Crippen molar-refractivity contribution in [3.8, 4) is 0 Å². The third-order valence-electron chi connectivity index (χ3n) is 2.90. The number of aryl methyl sites for hydroxylation is 1. The van der Waals surface area contributed by atoms with E-state index in [1.807, 2.05) is 23.9 Å². The van der Waals surface area contributed by atoms with Gasteiger partial charge in [-0.25, -0.2) is 9.78 Å². The lowest BCUT2D eigenvalue weighted by Crippen LogP contribution is -1.95. The first-order valence-corrected chi connectivity index (χ1v) is 5.56. The number of nitrogens with zero attached hydrogens (tertiary/aromatic N) is 3. The molecule has 0 amide bonds. The van der Waals surface area contributed by atoms with E-state index >= 15 is 0 Å². The van der Waals surface area contributed by atoms with Crippen molar-refractivity contribution < 1.29 is 9.53 Å². The number of carbonyl (C=O) groups is 1. The van der Waals surface area contributed by atoms with Gasteiger partial charge in [0.15, 0.2) is 5.82 Å². The van der Waals surface area contributed by atoms with Gasteiger partial charge in [-0.3, -0.25) is 4.99 Å². The molecule has 5 heteroatoms. The van der Waals surface area contributed by atoms with Crippen LogP contribution in [0.5, 0.6) is 0 Å². The highest BCUT2D eigenvalue weighted by molar-refractivity contribution is 5.95. The Bertz CT molecular complexity index is 643. The third-order valence-corrected chi connectivity index (χ3v) is 2.90. The molecule has 0 saturated carbocycles. The molecule has 3 rings (SSSR count). The SMILES string of the molecule is Cn1ccnc1/C=N/c1cccc2c1COC2=O. The Kier molecular flexibility index (Phi) is 2.44. The Labute approximate surface area is 104 Å². The monoisotopic (exact) mass is 241 g/mol. The number of aliphatic imine (C=N–C) groups is 1. The summed E-state index contributed by atoms with van der Waals surface area (Å²) < 4.78 is 6.86. The molecule has 0 fully saturated rings. The van der Waals surface area contributed by atoms with Crippen LogP contribution in [0.15, 0.2) is 35.6 Å². The number of benzene rings is 1. The number of ether oxygens (including phenoxy) is 1. The van der Waals surface area contributed by atoms with Gasteiger partial charge in [-0.2, -0.15) is 0 Å². The second-order valence-electron chi connectivity index (χ2n) is 4.03. The molecule has 1 aliphatic heterocycles. The summed E-state index contributed by atoms with van der Waals surface area (Å²) in [4.78, 5) is 19.9. The van der Waals surface area contributed by atoms with Crippen molar-refractivity contribution in [2.75, 3.05) is 0 Å². The van der Waals surface area contributed by atoms with Gasteiger partial charge in [0.05, 0.1) is 17.5 Å². The van der Waals surface area contributed by atoms with Crippen molar-refractivity contribution in [2.45, 2.75) is 6.61 Å². The van der Waals surface area contributed by atoms with E-state index in [9.17, 15) is 4.79 Å². The van der Waals surface area contributed by atoms with Crippen molar-refractivity contribution in [1.29, 1.82) is 0 Å². The van der Waals surface area contributed by atoms with Crippen molar-refractivity contribution >= 4 is 17.9 Å². The minimum absolute atomic E-state index is 0.279. The molecule has 0 saturated heterocycles. The lowest BCUT2D eigenvalue weighted by molar-refractivity contribution is 0.0535. The molecule has 2 aromatic rings. The first-order chi connectivity index (χ1) is 8.75. The quantitative estimate of drug-likeness (QED) is 0.595. The lowest BCUT2D eigenvalue weighted by atomic mass is 10.1. The molecule has 2 heterocycles. The van der Waals surface area contributed by atoms with Gasteiger partial charge in [-0.05, 0) is 12.1 Å². The minimum Gasteiger partial charge on any atom is -0.457 e. The minimum atomic E-state index is -0.279. The topological polar surface area (TPSA) is 56.5 Å². The van der Waals surface area contributed by atoms with Crippen LogP contribution in [0.1, 0.15) is 21.7 Å². The van der Waals surface area contributed by atoms with Gasteiger partial charge < -0.3 is 9.30 Å². The molecule has 0 radical (unpaired) electrons. The van der Waals surface area contributed by atoms with Crippen molar-refractivity contribution in [3.63, 3.8) is 0 Å². The van der Waals surface area contributed by atoms with Gasteiger partial charge in [0.1, 0.15) is 6.61 Å². The fraction of sp³-hybridized carbons (Fsp3) is 0.154. The Morgan fingerprint density at radius 1 is 1.50 bits per heavy atom. The fourth-order valence-electron chi connectivity index (χ4n) is 1.88. The Hall–Kier alpha value is -2.43. The zero-order chi connectivity index (χ0) is 12.5. The molecule has 0 N–H and O–H groups in total. The van der Waals surface area contributed by atoms with Crippen LogP contribution in [0.4, 0.5) is 5.69 Å². The number of hydrogen-bond acceptors (Lipinski definition) is 4. The summed E-state index contributed by atoms with van der Waals surface area (Å²) in [7, 11) is 1.90. The normalized spacial score (nSPS) is 13.9.